The van der Waals surface area contributed by atoms with E-state index in [1.165, 1.54) is 0 Å². The van der Waals surface area contributed by atoms with E-state index in [1.54, 1.807) is 18.3 Å². The lowest BCUT2D eigenvalue weighted by Crippen LogP contribution is -2.09. The molecular weight excluding hydrogens is 285 g/mol. The van der Waals surface area contributed by atoms with Crippen LogP contribution in [-0.4, -0.2) is 17.9 Å². The molecule has 1 atom stereocenters. The highest BCUT2D eigenvalue weighted by atomic mass is 35.5. The molecule has 0 amide bonds. The van der Waals surface area contributed by atoms with Gasteiger partial charge >= 0.3 is 0 Å². The van der Waals surface area contributed by atoms with E-state index in [2.05, 4.69) is 4.98 Å². The molecule has 0 N–H and O–H groups in total. The van der Waals surface area contributed by atoms with E-state index in [9.17, 15) is 4.79 Å². The highest BCUT2D eigenvalue weighted by Crippen LogP contribution is 2.37. The molecule has 0 aliphatic rings. The van der Waals surface area contributed by atoms with Gasteiger partial charge in [-0.15, -0.1) is 0 Å². The molecule has 1 aromatic heterocycles. The number of carbonyl (C=O) groups excluding carboxylic acids is 1. The number of fused-ring (bicyclic) bond motifs is 1. The molecule has 0 bridgehead atoms. The molecule has 19 heavy (non-hydrogen) atoms. The molecule has 2 rings (SSSR count). The van der Waals surface area contributed by atoms with Gasteiger partial charge in [-0.05, 0) is 24.1 Å². The number of aromatic nitrogens is 1. The van der Waals surface area contributed by atoms with Gasteiger partial charge in [0.05, 0.1) is 16.7 Å². The van der Waals surface area contributed by atoms with Crippen molar-refractivity contribution in [1.29, 1.82) is 0 Å². The average molecular weight is 298 g/mol. The summed E-state index contributed by atoms with van der Waals surface area (Å²) >= 11 is 12.3. The Morgan fingerprint density at radius 1 is 1.42 bits per heavy atom. The number of nitrogens with zero attached hydrogens (tertiary/aromatic N) is 1. The number of hydrogen-bond donors (Lipinski definition) is 0. The Morgan fingerprint density at radius 3 is 2.95 bits per heavy atom. The fraction of sp³-hybridized carbons (Fsp3) is 0.286. The third-order valence-corrected chi connectivity index (χ3v) is 3.35. The normalized spacial score (nSPS) is 12.4. The van der Waals surface area contributed by atoms with E-state index in [1.807, 2.05) is 13.0 Å². The molecule has 0 saturated heterocycles. The van der Waals surface area contributed by atoms with Crippen molar-refractivity contribution in [2.45, 2.75) is 13.3 Å². The largest absolute Gasteiger partial charge is 0.489 e. The van der Waals surface area contributed by atoms with Gasteiger partial charge in [0.15, 0.2) is 5.75 Å². The summed E-state index contributed by atoms with van der Waals surface area (Å²) in [5.41, 5.74) is 0.637. The van der Waals surface area contributed by atoms with Crippen LogP contribution in [0.5, 0.6) is 5.75 Å². The first kappa shape index (κ1) is 14.1. The number of aldehydes is 1. The van der Waals surface area contributed by atoms with E-state index < -0.39 is 0 Å². The predicted molar refractivity (Wildman–Crippen MR) is 77.1 cm³/mol. The summed E-state index contributed by atoms with van der Waals surface area (Å²) in [5.74, 6) is 0.641. The van der Waals surface area contributed by atoms with Gasteiger partial charge < -0.3 is 9.53 Å². The number of ether oxygens (including phenoxy) is 1. The molecule has 2 aromatic rings. The van der Waals surface area contributed by atoms with Crippen molar-refractivity contribution in [1.82, 2.24) is 4.98 Å². The molecule has 1 heterocycles. The summed E-state index contributed by atoms with van der Waals surface area (Å²) in [5, 5.41) is 1.77. The molecule has 0 fully saturated rings. The standard InChI is InChI=1S/C14H13Cl2NO2/c1-9(4-6-18)8-19-14-12(16)7-11(15)10-3-2-5-17-13(10)14/h2-3,5-7,9H,4,8H2,1H3. The van der Waals surface area contributed by atoms with Crippen molar-refractivity contribution in [2.24, 2.45) is 5.92 Å². The maximum atomic E-state index is 10.4. The van der Waals surface area contributed by atoms with Crippen molar-refractivity contribution in [3.8, 4) is 5.75 Å². The molecule has 5 heteroatoms. The van der Waals surface area contributed by atoms with Gasteiger partial charge in [-0.1, -0.05) is 30.1 Å². The minimum Gasteiger partial charge on any atom is -0.489 e. The van der Waals surface area contributed by atoms with Gasteiger partial charge in [0.2, 0.25) is 0 Å². The number of halogens is 2. The SMILES string of the molecule is CC(CC=O)COc1c(Cl)cc(Cl)c2cccnc12. The monoisotopic (exact) mass is 297 g/mol. The Bertz CT molecular complexity index is 601. The minimum atomic E-state index is 0.128. The quantitative estimate of drug-likeness (QED) is 0.779. The fourth-order valence-electron chi connectivity index (χ4n) is 1.74. The second kappa shape index (κ2) is 6.22. The average Bonchev–Trinajstić information content (AvgIpc) is 2.39. The Kier molecular flexibility index (Phi) is 4.61. The van der Waals surface area contributed by atoms with Gasteiger partial charge in [-0.2, -0.15) is 0 Å². The van der Waals surface area contributed by atoms with Gasteiger partial charge in [0.25, 0.3) is 0 Å². The Labute approximate surface area is 121 Å². The second-order valence-corrected chi connectivity index (χ2v) is 5.20. The maximum Gasteiger partial charge on any atom is 0.164 e. The zero-order valence-corrected chi connectivity index (χ0v) is 11.9. The van der Waals surface area contributed by atoms with Crippen LogP contribution in [0.1, 0.15) is 13.3 Å². The molecule has 0 aliphatic heterocycles. The number of rotatable bonds is 5. The molecule has 1 aromatic carbocycles. The van der Waals surface area contributed by atoms with E-state index in [4.69, 9.17) is 27.9 Å². The van der Waals surface area contributed by atoms with Gasteiger partial charge in [-0.25, -0.2) is 0 Å². The zero-order valence-electron chi connectivity index (χ0n) is 10.4. The van der Waals surface area contributed by atoms with E-state index in [0.717, 1.165) is 11.7 Å². The lowest BCUT2D eigenvalue weighted by atomic mass is 10.1. The third-order valence-electron chi connectivity index (χ3n) is 2.76. The number of benzene rings is 1. The first-order valence-electron chi connectivity index (χ1n) is 5.92. The van der Waals surface area contributed by atoms with Crippen LogP contribution < -0.4 is 4.74 Å². The summed E-state index contributed by atoms with van der Waals surface area (Å²) in [6.07, 6.45) is 3.00. The lowest BCUT2D eigenvalue weighted by molar-refractivity contribution is -0.108. The number of carbonyl (C=O) groups is 1. The molecule has 100 valence electrons. The molecule has 1 unspecified atom stereocenters. The van der Waals surface area contributed by atoms with Crippen LogP contribution in [0.2, 0.25) is 10.0 Å². The number of hydrogen-bond acceptors (Lipinski definition) is 3. The number of pyridine rings is 1. The van der Waals surface area contributed by atoms with Crippen LogP contribution in [0.4, 0.5) is 0 Å². The van der Waals surface area contributed by atoms with Crippen molar-refractivity contribution < 1.29 is 9.53 Å². The summed E-state index contributed by atoms with van der Waals surface area (Å²) in [6, 6.07) is 5.32. The second-order valence-electron chi connectivity index (χ2n) is 4.39. The molecule has 0 aliphatic carbocycles. The van der Waals surface area contributed by atoms with Crippen LogP contribution in [0.15, 0.2) is 24.4 Å². The van der Waals surface area contributed by atoms with Crippen LogP contribution in [0.3, 0.4) is 0 Å². The molecule has 0 radical (unpaired) electrons. The van der Waals surface area contributed by atoms with Crippen molar-refractivity contribution in [2.75, 3.05) is 6.61 Å². The lowest BCUT2D eigenvalue weighted by Gasteiger charge is -2.14. The van der Waals surface area contributed by atoms with E-state index in [0.29, 0.717) is 34.3 Å². The van der Waals surface area contributed by atoms with Crippen molar-refractivity contribution >= 4 is 40.4 Å². The Morgan fingerprint density at radius 2 is 2.21 bits per heavy atom. The molecular formula is C14H13Cl2NO2. The maximum absolute atomic E-state index is 10.4. The first-order valence-corrected chi connectivity index (χ1v) is 6.68. The van der Waals surface area contributed by atoms with Crippen LogP contribution in [0.25, 0.3) is 10.9 Å². The molecule has 3 nitrogen and oxygen atoms in total. The first-order chi connectivity index (χ1) is 9.13. The van der Waals surface area contributed by atoms with E-state index in [-0.39, 0.29) is 5.92 Å². The molecule has 0 spiro atoms. The smallest absolute Gasteiger partial charge is 0.164 e. The van der Waals surface area contributed by atoms with Gasteiger partial charge in [0, 0.05) is 18.0 Å². The topological polar surface area (TPSA) is 39.2 Å². The highest BCUT2D eigenvalue weighted by molar-refractivity contribution is 6.39. The predicted octanol–water partition coefficient (Wildman–Crippen LogP) is 4.15. The van der Waals surface area contributed by atoms with Gasteiger partial charge in [-0.3, -0.25) is 4.98 Å². The van der Waals surface area contributed by atoms with Gasteiger partial charge in [0.1, 0.15) is 11.8 Å². The highest BCUT2D eigenvalue weighted by Gasteiger charge is 2.13. The third kappa shape index (κ3) is 3.17. The van der Waals surface area contributed by atoms with Crippen LogP contribution in [0, 0.1) is 5.92 Å². The molecule has 0 saturated carbocycles. The summed E-state index contributed by atoms with van der Waals surface area (Å²) in [7, 11) is 0. The minimum absolute atomic E-state index is 0.128. The Balaban J connectivity index is 2.34. The van der Waals surface area contributed by atoms with Crippen molar-refractivity contribution in [3.05, 3.63) is 34.4 Å². The zero-order chi connectivity index (χ0) is 13.8. The Hall–Kier alpha value is -1.32. The van der Waals surface area contributed by atoms with E-state index >= 15 is 0 Å². The summed E-state index contributed by atoms with van der Waals surface area (Å²) in [6.45, 7) is 2.35. The summed E-state index contributed by atoms with van der Waals surface area (Å²) in [4.78, 5) is 14.7. The van der Waals surface area contributed by atoms with Crippen LogP contribution in [-0.2, 0) is 4.79 Å². The van der Waals surface area contributed by atoms with Crippen LogP contribution >= 0.6 is 23.2 Å². The van der Waals surface area contributed by atoms with Crippen molar-refractivity contribution in [3.63, 3.8) is 0 Å². The fourth-order valence-corrected chi connectivity index (χ4v) is 2.31. The summed E-state index contributed by atoms with van der Waals surface area (Å²) < 4.78 is 5.71.